The van der Waals surface area contributed by atoms with Crippen LogP contribution in [-0.4, -0.2) is 44.3 Å². The van der Waals surface area contributed by atoms with Crippen LogP contribution in [0.2, 0.25) is 0 Å². The van der Waals surface area contributed by atoms with Crippen molar-refractivity contribution in [1.82, 2.24) is 14.8 Å². The first-order valence-electron chi connectivity index (χ1n) is 10.8. The molecule has 1 aromatic carbocycles. The molecule has 0 radical (unpaired) electrons. The summed E-state index contributed by atoms with van der Waals surface area (Å²) < 4.78 is 12.3. The van der Waals surface area contributed by atoms with E-state index in [-0.39, 0.29) is 23.3 Å². The SMILES string of the molecule is CC1CCC(C(C)C)C(OC(=O)COC(=O)c2ccc(Sc3nncn3C)c([N+](=O)[O-])c2)C1. The van der Waals surface area contributed by atoms with Crippen molar-refractivity contribution in [3.8, 4) is 0 Å². The third-order valence-electron chi connectivity index (χ3n) is 5.83. The van der Waals surface area contributed by atoms with Gasteiger partial charge in [0.05, 0.1) is 15.4 Å². The van der Waals surface area contributed by atoms with Crippen molar-refractivity contribution in [2.24, 2.45) is 24.8 Å². The smallest absolute Gasteiger partial charge is 0.344 e. The standard InChI is InChI=1S/C22H28N4O6S/c1-13(2)16-7-5-14(3)9-18(16)32-20(27)11-31-21(28)15-6-8-19(17(10-15)26(29)30)33-22-24-23-12-25(22)4/h6,8,10,12-14,16,18H,5,7,9,11H2,1-4H3. The lowest BCUT2D eigenvalue weighted by atomic mass is 9.75. The first kappa shape index (κ1) is 24.7. The molecule has 0 aliphatic heterocycles. The minimum Gasteiger partial charge on any atom is -0.460 e. The monoisotopic (exact) mass is 476 g/mol. The van der Waals surface area contributed by atoms with Gasteiger partial charge in [0.25, 0.3) is 5.69 Å². The number of rotatable bonds is 8. The molecule has 1 aromatic heterocycles. The van der Waals surface area contributed by atoms with Crippen LogP contribution in [0.15, 0.2) is 34.6 Å². The van der Waals surface area contributed by atoms with Gasteiger partial charge in [0.2, 0.25) is 0 Å². The molecule has 3 atom stereocenters. The van der Waals surface area contributed by atoms with Gasteiger partial charge in [-0.2, -0.15) is 0 Å². The zero-order valence-corrected chi connectivity index (χ0v) is 19.9. The average Bonchev–Trinajstić information content (AvgIpc) is 3.16. The van der Waals surface area contributed by atoms with Crippen LogP contribution >= 0.6 is 11.8 Å². The molecule has 0 N–H and O–H groups in total. The van der Waals surface area contributed by atoms with Gasteiger partial charge >= 0.3 is 11.9 Å². The molecule has 1 saturated carbocycles. The number of hydrogen-bond donors (Lipinski definition) is 0. The molecular formula is C22H28N4O6S. The Morgan fingerprint density at radius 3 is 2.73 bits per heavy atom. The van der Waals surface area contributed by atoms with E-state index in [2.05, 4.69) is 31.0 Å². The molecule has 0 bridgehead atoms. The fourth-order valence-electron chi connectivity index (χ4n) is 4.00. The normalized spacial score (nSPS) is 20.5. The Balaban J connectivity index is 1.62. The number of benzene rings is 1. The number of ether oxygens (including phenoxy) is 2. The molecule has 1 fully saturated rings. The van der Waals surface area contributed by atoms with Crippen LogP contribution in [0.5, 0.6) is 0 Å². The molecule has 3 unspecified atom stereocenters. The summed E-state index contributed by atoms with van der Waals surface area (Å²) in [6.45, 7) is 5.82. The highest BCUT2D eigenvalue weighted by molar-refractivity contribution is 7.99. The Labute approximate surface area is 196 Å². The second-order valence-electron chi connectivity index (χ2n) is 8.70. The minimum absolute atomic E-state index is 0.0249. The molecule has 11 heteroatoms. The van der Waals surface area contributed by atoms with Gasteiger partial charge in [-0.3, -0.25) is 10.1 Å². The number of esters is 2. The highest BCUT2D eigenvalue weighted by atomic mass is 32.2. The minimum atomic E-state index is -0.831. The van der Waals surface area contributed by atoms with Gasteiger partial charge in [0, 0.05) is 13.1 Å². The van der Waals surface area contributed by atoms with Crippen LogP contribution in [0.25, 0.3) is 0 Å². The molecule has 2 aromatic rings. The van der Waals surface area contributed by atoms with Crippen LogP contribution in [0.1, 0.15) is 50.4 Å². The van der Waals surface area contributed by atoms with Crippen molar-refractivity contribution in [1.29, 1.82) is 0 Å². The van der Waals surface area contributed by atoms with Gasteiger partial charge in [-0.15, -0.1) is 10.2 Å². The summed E-state index contributed by atoms with van der Waals surface area (Å²) in [6.07, 6.45) is 4.18. The van der Waals surface area contributed by atoms with E-state index in [1.165, 1.54) is 18.5 Å². The molecule has 1 aliphatic rings. The van der Waals surface area contributed by atoms with E-state index in [1.54, 1.807) is 11.6 Å². The van der Waals surface area contributed by atoms with Gasteiger partial charge < -0.3 is 14.0 Å². The molecule has 1 aliphatic carbocycles. The molecule has 33 heavy (non-hydrogen) atoms. The molecule has 0 spiro atoms. The maximum absolute atomic E-state index is 12.4. The lowest BCUT2D eigenvalue weighted by molar-refractivity contribution is -0.387. The van der Waals surface area contributed by atoms with Crippen LogP contribution in [0.4, 0.5) is 5.69 Å². The van der Waals surface area contributed by atoms with Crippen molar-refractivity contribution in [3.63, 3.8) is 0 Å². The Kier molecular flexibility index (Phi) is 8.06. The first-order chi connectivity index (χ1) is 15.7. The Morgan fingerprint density at radius 2 is 2.09 bits per heavy atom. The van der Waals surface area contributed by atoms with E-state index in [1.807, 2.05) is 0 Å². The van der Waals surface area contributed by atoms with Gasteiger partial charge in [-0.05, 0) is 54.5 Å². The maximum atomic E-state index is 12.4. The molecule has 1 heterocycles. The van der Waals surface area contributed by atoms with Crippen molar-refractivity contribution >= 4 is 29.4 Å². The summed E-state index contributed by atoms with van der Waals surface area (Å²) >= 11 is 1.06. The number of carbonyl (C=O) groups is 2. The van der Waals surface area contributed by atoms with Gasteiger partial charge in [0.15, 0.2) is 11.8 Å². The highest BCUT2D eigenvalue weighted by Gasteiger charge is 2.33. The van der Waals surface area contributed by atoms with Crippen LogP contribution in [0.3, 0.4) is 0 Å². The summed E-state index contributed by atoms with van der Waals surface area (Å²) in [4.78, 5) is 36.0. The van der Waals surface area contributed by atoms with Crippen molar-refractivity contribution < 1.29 is 24.0 Å². The largest absolute Gasteiger partial charge is 0.460 e. The number of aryl methyl sites for hydroxylation is 1. The predicted octanol–water partition coefficient (Wildman–Crippen LogP) is 4.04. The fourth-order valence-corrected chi connectivity index (χ4v) is 4.85. The predicted molar refractivity (Wildman–Crippen MR) is 120 cm³/mol. The topological polar surface area (TPSA) is 126 Å². The molecular weight excluding hydrogens is 448 g/mol. The fraction of sp³-hybridized carbons (Fsp3) is 0.545. The van der Waals surface area contributed by atoms with Gasteiger partial charge in [-0.25, -0.2) is 9.59 Å². The number of nitro groups is 1. The number of nitrogens with zero attached hydrogens (tertiary/aromatic N) is 4. The van der Waals surface area contributed by atoms with E-state index in [4.69, 9.17) is 9.47 Å². The zero-order chi connectivity index (χ0) is 24.1. The number of aromatic nitrogens is 3. The zero-order valence-electron chi connectivity index (χ0n) is 19.1. The summed E-state index contributed by atoms with van der Waals surface area (Å²) in [5.41, 5.74) is -0.292. The highest BCUT2D eigenvalue weighted by Crippen LogP contribution is 2.36. The van der Waals surface area contributed by atoms with Crippen LogP contribution in [-0.2, 0) is 21.3 Å². The number of hydrogen-bond acceptors (Lipinski definition) is 9. The maximum Gasteiger partial charge on any atom is 0.344 e. The van der Waals surface area contributed by atoms with Gasteiger partial charge in [-0.1, -0.05) is 27.2 Å². The summed E-state index contributed by atoms with van der Waals surface area (Å²) in [6, 6.07) is 3.99. The second kappa shape index (κ2) is 10.8. The molecule has 0 saturated heterocycles. The summed E-state index contributed by atoms with van der Waals surface area (Å²) in [5.74, 6) is -0.308. The first-order valence-corrected chi connectivity index (χ1v) is 11.6. The third kappa shape index (κ3) is 6.31. The van der Waals surface area contributed by atoms with E-state index in [0.717, 1.165) is 37.1 Å². The van der Waals surface area contributed by atoms with E-state index in [0.29, 0.717) is 21.9 Å². The van der Waals surface area contributed by atoms with Gasteiger partial charge in [0.1, 0.15) is 12.4 Å². The molecule has 0 amide bonds. The van der Waals surface area contributed by atoms with Crippen LogP contribution in [0, 0.1) is 27.9 Å². The number of nitro benzene ring substituents is 1. The van der Waals surface area contributed by atoms with Crippen LogP contribution < -0.4 is 0 Å². The van der Waals surface area contributed by atoms with E-state index in [9.17, 15) is 19.7 Å². The summed E-state index contributed by atoms with van der Waals surface area (Å²) in [5, 5.41) is 19.6. The average molecular weight is 477 g/mol. The molecule has 3 rings (SSSR count). The lowest BCUT2D eigenvalue weighted by Gasteiger charge is -2.36. The third-order valence-corrected chi connectivity index (χ3v) is 6.95. The molecule has 10 nitrogen and oxygen atoms in total. The molecule has 178 valence electrons. The van der Waals surface area contributed by atoms with Crippen molar-refractivity contribution in [2.45, 2.75) is 56.2 Å². The quantitative estimate of drug-likeness (QED) is 0.315. The summed E-state index contributed by atoms with van der Waals surface area (Å²) in [7, 11) is 1.72. The van der Waals surface area contributed by atoms with Crippen molar-refractivity contribution in [2.75, 3.05) is 6.61 Å². The Hall–Kier alpha value is -2.95. The Morgan fingerprint density at radius 1 is 1.33 bits per heavy atom. The second-order valence-corrected chi connectivity index (χ2v) is 9.71. The van der Waals surface area contributed by atoms with Crippen molar-refractivity contribution in [3.05, 3.63) is 40.2 Å². The Bertz CT molecular complexity index is 1020. The van der Waals surface area contributed by atoms with E-state index < -0.39 is 23.5 Å². The van der Waals surface area contributed by atoms with E-state index >= 15 is 0 Å². The lowest BCUT2D eigenvalue weighted by Crippen LogP contribution is -2.36. The number of carbonyl (C=O) groups excluding carboxylic acids is 2.